The van der Waals surface area contributed by atoms with Crippen molar-refractivity contribution in [3.8, 4) is 0 Å². The lowest BCUT2D eigenvalue weighted by Gasteiger charge is -2.29. The van der Waals surface area contributed by atoms with Crippen molar-refractivity contribution in [2.24, 2.45) is 11.8 Å². The fourth-order valence-electron chi connectivity index (χ4n) is 2.01. The molecule has 0 spiro atoms. The maximum Gasteiger partial charge on any atom is 0.0655 e. The van der Waals surface area contributed by atoms with Crippen molar-refractivity contribution in [3.05, 3.63) is 35.9 Å². The van der Waals surface area contributed by atoms with E-state index in [1.165, 1.54) is 0 Å². The zero-order valence-corrected chi connectivity index (χ0v) is 10.8. The summed E-state index contributed by atoms with van der Waals surface area (Å²) in [6, 6.07) is 9.69. The Labute approximate surface area is 104 Å². The fourth-order valence-corrected chi connectivity index (χ4v) is 2.01. The molecule has 0 heterocycles. The number of benzene rings is 1. The first-order valence-corrected chi connectivity index (χ1v) is 6.15. The Hall–Kier alpha value is -0.900. The zero-order valence-electron chi connectivity index (χ0n) is 10.8. The van der Waals surface area contributed by atoms with Crippen LogP contribution in [0.2, 0.25) is 0 Å². The average Bonchev–Trinajstić information content (AvgIpc) is 2.29. The van der Waals surface area contributed by atoms with Crippen LogP contribution in [-0.2, 0) is 5.21 Å². The van der Waals surface area contributed by atoms with Crippen LogP contribution >= 0.6 is 0 Å². The van der Waals surface area contributed by atoms with E-state index in [2.05, 4.69) is 0 Å². The van der Waals surface area contributed by atoms with Gasteiger partial charge in [0.2, 0.25) is 0 Å². The SMILES string of the molecule is CC(CO)CN([O])C(c1ccccc1)C(C)C. The molecule has 0 aliphatic carbocycles. The molecule has 95 valence electrons. The molecule has 2 unspecified atom stereocenters. The number of aliphatic hydroxyl groups is 1. The van der Waals surface area contributed by atoms with Crippen LogP contribution in [-0.4, -0.2) is 23.3 Å². The minimum atomic E-state index is -0.134. The molecule has 1 aromatic rings. The van der Waals surface area contributed by atoms with E-state index in [0.717, 1.165) is 10.6 Å². The maximum absolute atomic E-state index is 12.2. The number of aliphatic hydroxyl groups excluding tert-OH is 1. The highest BCUT2D eigenvalue weighted by Gasteiger charge is 2.24. The van der Waals surface area contributed by atoms with Crippen molar-refractivity contribution in [1.82, 2.24) is 5.06 Å². The molecule has 3 heteroatoms. The van der Waals surface area contributed by atoms with Crippen LogP contribution in [0, 0.1) is 11.8 Å². The molecule has 1 N–H and O–H groups in total. The van der Waals surface area contributed by atoms with Crippen molar-refractivity contribution >= 4 is 0 Å². The molecule has 1 rings (SSSR count). The summed E-state index contributed by atoms with van der Waals surface area (Å²) in [4.78, 5) is 0. The Morgan fingerprint density at radius 1 is 1.18 bits per heavy atom. The second-order valence-electron chi connectivity index (χ2n) is 4.99. The van der Waals surface area contributed by atoms with Gasteiger partial charge in [0.15, 0.2) is 0 Å². The van der Waals surface area contributed by atoms with Crippen molar-refractivity contribution < 1.29 is 10.3 Å². The molecule has 1 aromatic carbocycles. The summed E-state index contributed by atoms with van der Waals surface area (Å²) >= 11 is 0. The molecule has 0 amide bonds. The molecular formula is C14H22NO2. The highest BCUT2D eigenvalue weighted by molar-refractivity contribution is 5.19. The Morgan fingerprint density at radius 2 is 1.76 bits per heavy atom. The third-order valence-corrected chi connectivity index (χ3v) is 2.89. The van der Waals surface area contributed by atoms with Gasteiger partial charge in [0, 0.05) is 13.2 Å². The Balaban J connectivity index is 2.79. The highest BCUT2D eigenvalue weighted by Crippen LogP contribution is 2.27. The first kappa shape index (κ1) is 14.2. The lowest BCUT2D eigenvalue weighted by atomic mass is 9.95. The molecule has 0 aliphatic heterocycles. The summed E-state index contributed by atoms with van der Waals surface area (Å²) in [5.41, 5.74) is 1.04. The Morgan fingerprint density at radius 3 is 2.24 bits per heavy atom. The summed E-state index contributed by atoms with van der Waals surface area (Å²) in [6.07, 6.45) is 0. The van der Waals surface area contributed by atoms with Crippen LogP contribution in [0.4, 0.5) is 0 Å². The summed E-state index contributed by atoms with van der Waals surface area (Å²) in [6.45, 7) is 6.40. The molecule has 0 bridgehead atoms. The standard InChI is InChI=1S/C14H22NO2/c1-11(2)14(13-7-5-4-6-8-13)15(17)9-12(3)10-16/h4-8,11-12,14,16H,9-10H2,1-3H3. The number of nitrogens with zero attached hydrogens (tertiary/aromatic N) is 1. The van der Waals surface area contributed by atoms with Crippen LogP contribution in [0.15, 0.2) is 30.3 Å². The minimum absolute atomic E-state index is 0.0115. The molecule has 0 fully saturated rings. The topological polar surface area (TPSA) is 43.4 Å². The molecule has 3 nitrogen and oxygen atoms in total. The van der Waals surface area contributed by atoms with Gasteiger partial charge >= 0.3 is 0 Å². The van der Waals surface area contributed by atoms with Crippen molar-refractivity contribution in [3.63, 3.8) is 0 Å². The summed E-state index contributed by atoms with van der Waals surface area (Å²) in [5.74, 6) is 0.262. The summed E-state index contributed by atoms with van der Waals surface area (Å²) < 4.78 is 0. The molecule has 2 atom stereocenters. The van der Waals surface area contributed by atoms with E-state index >= 15 is 0 Å². The van der Waals surface area contributed by atoms with E-state index in [0.29, 0.717) is 6.54 Å². The summed E-state index contributed by atoms with van der Waals surface area (Å²) in [5, 5.41) is 22.3. The zero-order chi connectivity index (χ0) is 12.8. The molecular weight excluding hydrogens is 214 g/mol. The van der Waals surface area contributed by atoms with E-state index in [4.69, 9.17) is 5.11 Å². The fraction of sp³-hybridized carbons (Fsp3) is 0.571. The molecule has 0 aliphatic rings. The van der Waals surface area contributed by atoms with Crippen molar-refractivity contribution in [2.45, 2.75) is 26.8 Å². The number of hydrogen-bond donors (Lipinski definition) is 1. The van der Waals surface area contributed by atoms with E-state index < -0.39 is 0 Å². The van der Waals surface area contributed by atoms with Gasteiger partial charge in [-0.25, -0.2) is 0 Å². The van der Waals surface area contributed by atoms with E-state index in [9.17, 15) is 5.21 Å². The maximum atomic E-state index is 12.2. The monoisotopic (exact) mass is 236 g/mol. The van der Waals surface area contributed by atoms with E-state index in [1.807, 2.05) is 51.1 Å². The Bertz CT molecular complexity index is 313. The lowest BCUT2D eigenvalue weighted by Crippen LogP contribution is -2.32. The van der Waals surface area contributed by atoms with Crippen LogP contribution in [0.25, 0.3) is 0 Å². The van der Waals surface area contributed by atoms with Crippen molar-refractivity contribution in [1.29, 1.82) is 0 Å². The third kappa shape index (κ3) is 4.11. The predicted octanol–water partition coefficient (Wildman–Crippen LogP) is 2.66. The lowest BCUT2D eigenvalue weighted by molar-refractivity contribution is -0.206. The van der Waals surface area contributed by atoms with Gasteiger partial charge in [-0.2, -0.15) is 0 Å². The quantitative estimate of drug-likeness (QED) is 0.772. The molecule has 17 heavy (non-hydrogen) atoms. The molecule has 0 aromatic heterocycles. The van der Waals surface area contributed by atoms with Crippen molar-refractivity contribution in [2.75, 3.05) is 13.2 Å². The van der Waals surface area contributed by atoms with Gasteiger partial charge < -0.3 is 5.11 Å². The van der Waals surface area contributed by atoms with Gasteiger partial charge in [0.1, 0.15) is 0 Å². The van der Waals surface area contributed by atoms with Gasteiger partial charge in [0.05, 0.1) is 6.04 Å². The van der Waals surface area contributed by atoms with Gasteiger partial charge in [-0.3, -0.25) is 0 Å². The average molecular weight is 236 g/mol. The van der Waals surface area contributed by atoms with Gasteiger partial charge in [0.25, 0.3) is 0 Å². The number of hydrogen-bond acceptors (Lipinski definition) is 2. The number of hydroxylamine groups is 2. The smallest absolute Gasteiger partial charge is 0.0655 e. The normalized spacial score (nSPS) is 15.2. The molecule has 0 saturated heterocycles. The van der Waals surface area contributed by atoms with Crippen LogP contribution < -0.4 is 0 Å². The van der Waals surface area contributed by atoms with E-state index in [-0.39, 0.29) is 24.5 Å². The first-order valence-electron chi connectivity index (χ1n) is 6.15. The van der Waals surface area contributed by atoms with Crippen LogP contribution in [0.1, 0.15) is 32.4 Å². The second kappa shape index (κ2) is 6.74. The van der Waals surface area contributed by atoms with Crippen LogP contribution in [0.3, 0.4) is 0 Å². The third-order valence-electron chi connectivity index (χ3n) is 2.89. The molecule has 1 radical (unpaired) electrons. The first-order chi connectivity index (χ1) is 8.06. The van der Waals surface area contributed by atoms with Gasteiger partial charge in [-0.05, 0) is 17.4 Å². The van der Waals surface area contributed by atoms with E-state index in [1.54, 1.807) is 0 Å². The highest BCUT2D eigenvalue weighted by atomic mass is 16.5. The van der Waals surface area contributed by atoms with Crippen LogP contribution in [0.5, 0.6) is 0 Å². The number of rotatable bonds is 6. The second-order valence-corrected chi connectivity index (χ2v) is 4.99. The van der Waals surface area contributed by atoms with Gasteiger partial charge in [-0.15, -0.1) is 10.3 Å². The molecule has 0 saturated carbocycles. The predicted molar refractivity (Wildman–Crippen MR) is 67.7 cm³/mol. The Kier molecular flexibility index (Phi) is 5.62. The largest absolute Gasteiger partial charge is 0.396 e. The minimum Gasteiger partial charge on any atom is -0.396 e. The summed E-state index contributed by atoms with van der Waals surface area (Å²) in [7, 11) is 0. The van der Waals surface area contributed by atoms with Gasteiger partial charge in [-0.1, -0.05) is 51.1 Å².